The first-order valence-corrected chi connectivity index (χ1v) is 6.85. The van der Waals surface area contributed by atoms with E-state index in [0.717, 1.165) is 32.5 Å². The Bertz CT molecular complexity index is 550. The first-order chi connectivity index (χ1) is 9.32. The molecular formula is C17H18N2. The van der Waals surface area contributed by atoms with Gasteiger partial charge in [0.2, 0.25) is 0 Å². The van der Waals surface area contributed by atoms with E-state index in [9.17, 15) is 0 Å². The van der Waals surface area contributed by atoms with E-state index >= 15 is 0 Å². The lowest BCUT2D eigenvalue weighted by Crippen LogP contribution is -2.25. The van der Waals surface area contributed by atoms with Gasteiger partial charge < -0.3 is 0 Å². The molecule has 3 rings (SSSR count). The van der Waals surface area contributed by atoms with Crippen molar-refractivity contribution in [1.82, 2.24) is 4.90 Å². The highest BCUT2D eigenvalue weighted by molar-refractivity contribution is 5.34. The van der Waals surface area contributed by atoms with Crippen LogP contribution in [0.2, 0.25) is 0 Å². The Morgan fingerprint density at radius 3 is 2.95 bits per heavy atom. The predicted molar refractivity (Wildman–Crippen MR) is 76.2 cm³/mol. The van der Waals surface area contributed by atoms with Crippen molar-refractivity contribution >= 4 is 0 Å². The summed E-state index contributed by atoms with van der Waals surface area (Å²) in [5.41, 5.74) is 3.02. The highest BCUT2D eigenvalue weighted by Crippen LogP contribution is 2.46. The second kappa shape index (κ2) is 5.03. The van der Waals surface area contributed by atoms with Crippen molar-refractivity contribution in [2.75, 3.05) is 13.1 Å². The van der Waals surface area contributed by atoms with E-state index in [-0.39, 0.29) is 5.41 Å². The fraction of sp³-hybridized carbons (Fsp3) is 0.353. The van der Waals surface area contributed by atoms with Gasteiger partial charge in [-0.2, -0.15) is 5.26 Å². The van der Waals surface area contributed by atoms with Gasteiger partial charge in [0.05, 0.1) is 6.07 Å². The van der Waals surface area contributed by atoms with E-state index in [1.165, 1.54) is 11.1 Å². The Kier molecular flexibility index (Phi) is 3.23. The zero-order valence-electron chi connectivity index (χ0n) is 11.0. The number of nitriles is 1. The summed E-state index contributed by atoms with van der Waals surface area (Å²) in [6.45, 7) is 3.09. The number of likely N-dealkylation sites (tertiary alicyclic amines) is 1. The van der Waals surface area contributed by atoms with Crippen molar-refractivity contribution in [2.45, 2.75) is 19.4 Å². The molecule has 1 aliphatic carbocycles. The summed E-state index contributed by atoms with van der Waals surface area (Å²) in [7, 11) is 0. The maximum absolute atomic E-state index is 8.77. The number of nitrogens with zero attached hydrogens (tertiary/aromatic N) is 2. The van der Waals surface area contributed by atoms with Crippen molar-refractivity contribution in [1.29, 1.82) is 5.26 Å². The molecule has 96 valence electrons. The van der Waals surface area contributed by atoms with Crippen molar-refractivity contribution < 1.29 is 0 Å². The van der Waals surface area contributed by atoms with Gasteiger partial charge in [-0.1, -0.05) is 42.5 Å². The minimum atomic E-state index is 0.143. The average Bonchev–Trinajstić information content (AvgIpc) is 2.94. The van der Waals surface area contributed by atoms with Crippen LogP contribution in [-0.4, -0.2) is 18.0 Å². The minimum Gasteiger partial charge on any atom is -0.294 e. The molecule has 0 aromatic heterocycles. The summed E-state index contributed by atoms with van der Waals surface area (Å²) in [6, 6.07) is 12.7. The summed E-state index contributed by atoms with van der Waals surface area (Å²) in [5, 5.41) is 8.77. The summed E-state index contributed by atoms with van der Waals surface area (Å²) >= 11 is 0. The van der Waals surface area contributed by atoms with Crippen LogP contribution in [0.3, 0.4) is 0 Å². The van der Waals surface area contributed by atoms with Gasteiger partial charge in [-0.25, -0.2) is 0 Å². The van der Waals surface area contributed by atoms with Crippen molar-refractivity contribution in [3.8, 4) is 6.07 Å². The topological polar surface area (TPSA) is 27.0 Å². The van der Waals surface area contributed by atoms with Gasteiger partial charge in [0.25, 0.3) is 0 Å². The Morgan fingerprint density at radius 2 is 2.16 bits per heavy atom. The molecule has 1 fully saturated rings. The van der Waals surface area contributed by atoms with Crippen LogP contribution in [0, 0.1) is 16.7 Å². The molecule has 0 bridgehead atoms. The van der Waals surface area contributed by atoms with Gasteiger partial charge >= 0.3 is 0 Å². The molecule has 2 nitrogen and oxygen atoms in total. The monoisotopic (exact) mass is 250 g/mol. The second-order valence-corrected chi connectivity index (χ2v) is 5.52. The molecule has 0 N–H and O–H groups in total. The third-order valence-corrected chi connectivity index (χ3v) is 4.25. The zero-order chi connectivity index (χ0) is 13.1. The summed E-state index contributed by atoms with van der Waals surface area (Å²) in [6.07, 6.45) is 8.46. The summed E-state index contributed by atoms with van der Waals surface area (Å²) in [4.78, 5) is 2.49. The van der Waals surface area contributed by atoms with Crippen LogP contribution in [0.15, 0.2) is 54.1 Å². The number of fused-ring (bicyclic) bond motifs is 1. The standard InChI is InChI=1S/C17H18N2/c18-11-5-10-17-9-4-8-16(17)13-19(14-17)12-15-6-2-1-3-7-15/h1-3,5-8,10H,4,9,12-14H2. The lowest BCUT2D eigenvalue weighted by atomic mass is 9.83. The molecular weight excluding hydrogens is 232 g/mol. The normalized spacial score (nSPS) is 26.4. The van der Waals surface area contributed by atoms with Gasteiger partial charge in [0.1, 0.15) is 0 Å². The quantitative estimate of drug-likeness (QED) is 0.608. The van der Waals surface area contributed by atoms with Gasteiger partial charge in [-0.15, -0.1) is 0 Å². The van der Waals surface area contributed by atoms with E-state index in [2.05, 4.69) is 53.5 Å². The number of benzene rings is 1. The predicted octanol–water partition coefficient (Wildman–Crippen LogP) is 3.29. The van der Waals surface area contributed by atoms with Gasteiger partial charge in [0.15, 0.2) is 0 Å². The van der Waals surface area contributed by atoms with Crippen LogP contribution in [0.1, 0.15) is 18.4 Å². The molecule has 1 aliphatic heterocycles. The largest absolute Gasteiger partial charge is 0.294 e. The molecule has 19 heavy (non-hydrogen) atoms. The third-order valence-electron chi connectivity index (χ3n) is 4.25. The molecule has 0 amide bonds. The molecule has 1 saturated heterocycles. The van der Waals surface area contributed by atoms with E-state index in [1.54, 1.807) is 6.08 Å². The van der Waals surface area contributed by atoms with Crippen LogP contribution in [0.25, 0.3) is 0 Å². The maximum Gasteiger partial charge on any atom is 0.0909 e. The molecule has 1 aromatic rings. The average molecular weight is 250 g/mol. The first-order valence-electron chi connectivity index (χ1n) is 6.85. The fourth-order valence-corrected chi connectivity index (χ4v) is 3.36. The molecule has 1 atom stereocenters. The van der Waals surface area contributed by atoms with Gasteiger partial charge in [-0.3, -0.25) is 4.90 Å². The van der Waals surface area contributed by atoms with Crippen LogP contribution >= 0.6 is 0 Å². The number of rotatable bonds is 3. The van der Waals surface area contributed by atoms with E-state index in [4.69, 9.17) is 5.26 Å². The molecule has 2 heteroatoms. The second-order valence-electron chi connectivity index (χ2n) is 5.52. The van der Waals surface area contributed by atoms with Crippen LogP contribution in [0.4, 0.5) is 0 Å². The Balaban J connectivity index is 1.75. The van der Waals surface area contributed by atoms with Crippen LogP contribution in [0.5, 0.6) is 0 Å². The lowest BCUT2D eigenvalue weighted by molar-refractivity contribution is 0.286. The fourth-order valence-electron chi connectivity index (χ4n) is 3.36. The minimum absolute atomic E-state index is 0.143. The Labute approximate surface area is 114 Å². The number of hydrogen-bond acceptors (Lipinski definition) is 2. The molecule has 2 aliphatic rings. The SMILES string of the molecule is N#CC=CC12CCC=C1CN(Cc1ccccc1)C2. The molecule has 1 heterocycles. The molecule has 1 unspecified atom stereocenters. The zero-order valence-corrected chi connectivity index (χ0v) is 11.0. The summed E-state index contributed by atoms with van der Waals surface area (Å²) < 4.78 is 0. The number of hydrogen-bond donors (Lipinski definition) is 0. The highest BCUT2D eigenvalue weighted by atomic mass is 15.2. The molecule has 0 radical (unpaired) electrons. The van der Waals surface area contributed by atoms with Gasteiger partial charge in [-0.05, 0) is 24.0 Å². The molecule has 1 aromatic carbocycles. The van der Waals surface area contributed by atoms with Gasteiger partial charge in [0, 0.05) is 31.1 Å². The van der Waals surface area contributed by atoms with Crippen molar-refractivity contribution in [3.63, 3.8) is 0 Å². The maximum atomic E-state index is 8.77. The highest BCUT2D eigenvalue weighted by Gasteiger charge is 2.42. The first kappa shape index (κ1) is 12.2. The molecule has 0 saturated carbocycles. The Morgan fingerprint density at radius 1 is 1.32 bits per heavy atom. The van der Waals surface area contributed by atoms with Crippen molar-refractivity contribution in [3.05, 3.63) is 59.7 Å². The van der Waals surface area contributed by atoms with E-state index < -0.39 is 0 Å². The third kappa shape index (κ3) is 2.34. The lowest BCUT2D eigenvalue weighted by Gasteiger charge is -2.23. The van der Waals surface area contributed by atoms with Crippen LogP contribution in [-0.2, 0) is 6.54 Å². The number of allylic oxidation sites excluding steroid dienone is 2. The smallest absolute Gasteiger partial charge is 0.0909 e. The van der Waals surface area contributed by atoms with Crippen molar-refractivity contribution in [2.24, 2.45) is 5.41 Å². The van der Waals surface area contributed by atoms with E-state index in [0.29, 0.717) is 0 Å². The summed E-state index contributed by atoms with van der Waals surface area (Å²) in [5.74, 6) is 0. The Hall–Kier alpha value is -1.85. The van der Waals surface area contributed by atoms with E-state index in [1.807, 2.05) is 0 Å². The van der Waals surface area contributed by atoms with Crippen LogP contribution < -0.4 is 0 Å². The molecule has 0 spiro atoms.